The van der Waals surface area contributed by atoms with Crippen LogP contribution >= 0.6 is 35.4 Å². The summed E-state index contributed by atoms with van der Waals surface area (Å²) < 4.78 is 24.4. The fourth-order valence-corrected chi connectivity index (χ4v) is 2.48. The summed E-state index contributed by atoms with van der Waals surface area (Å²) >= 11 is 16.1. The highest BCUT2D eigenvalue weighted by atomic mass is 35.5. The van der Waals surface area contributed by atoms with Crippen LogP contribution < -0.4 is 4.90 Å². The van der Waals surface area contributed by atoms with E-state index in [1.807, 2.05) is 0 Å². The number of amides is 4. The molecular formula is C18H20Cl2FN3O6S. The van der Waals surface area contributed by atoms with Crippen molar-refractivity contribution in [1.29, 1.82) is 0 Å². The Morgan fingerprint density at radius 3 is 2.32 bits per heavy atom. The highest BCUT2D eigenvalue weighted by Crippen LogP contribution is 2.29. The van der Waals surface area contributed by atoms with Gasteiger partial charge in [-0.25, -0.2) is 28.5 Å². The predicted octanol–water partition coefficient (Wildman–Crippen LogP) is 3.30. The molecule has 0 aliphatic carbocycles. The van der Waals surface area contributed by atoms with Crippen molar-refractivity contribution in [2.75, 3.05) is 38.5 Å². The van der Waals surface area contributed by atoms with Crippen LogP contribution in [0.5, 0.6) is 0 Å². The van der Waals surface area contributed by atoms with E-state index in [2.05, 4.69) is 12.2 Å². The molecule has 170 valence electrons. The first-order valence-electron chi connectivity index (χ1n) is 8.62. The van der Waals surface area contributed by atoms with Gasteiger partial charge in [-0.05, 0) is 19.1 Å². The van der Waals surface area contributed by atoms with E-state index in [1.54, 1.807) is 0 Å². The van der Waals surface area contributed by atoms with Gasteiger partial charge < -0.3 is 14.4 Å². The standard InChI is InChI=1S/C18H20Cl2FN3O6S/c1-10(15(25)29-6-5-19)30-16(26)11-7-14(13(21)8-12(11)20)24(17(27)22(2)3)18(28)23(4)9-31/h7-10H,5-6H2,1-4H3. The minimum absolute atomic E-state index is 0.0551. The number of anilines is 1. The molecule has 13 heteroatoms. The average Bonchev–Trinajstić information content (AvgIpc) is 2.72. The van der Waals surface area contributed by atoms with Crippen LogP contribution in [0.1, 0.15) is 17.3 Å². The van der Waals surface area contributed by atoms with Gasteiger partial charge in [0, 0.05) is 21.1 Å². The van der Waals surface area contributed by atoms with Gasteiger partial charge in [0.15, 0.2) is 6.10 Å². The average molecular weight is 496 g/mol. The number of hydrogen-bond acceptors (Lipinski definition) is 7. The third kappa shape index (κ3) is 6.74. The number of nitrogens with zero attached hydrogens (tertiary/aromatic N) is 3. The number of hydrogen-bond donors (Lipinski definition) is 0. The molecule has 31 heavy (non-hydrogen) atoms. The van der Waals surface area contributed by atoms with E-state index in [0.717, 1.165) is 27.4 Å². The second-order valence-corrected chi connectivity index (χ2v) is 7.19. The molecule has 0 bridgehead atoms. The highest BCUT2D eigenvalue weighted by Gasteiger charge is 2.32. The van der Waals surface area contributed by atoms with Gasteiger partial charge in [0.2, 0.25) is 0 Å². The van der Waals surface area contributed by atoms with Crippen LogP contribution in [-0.2, 0) is 14.3 Å². The lowest BCUT2D eigenvalue weighted by Gasteiger charge is -2.27. The van der Waals surface area contributed by atoms with E-state index in [9.17, 15) is 23.6 Å². The first kappa shape index (κ1) is 26.5. The van der Waals surface area contributed by atoms with E-state index in [4.69, 9.17) is 32.7 Å². The lowest BCUT2D eigenvalue weighted by Crippen LogP contribution is -2.48. The van der Waals surface area contributed by atoms with Gasteiger partial charge in [-0.15, -0.1) is 11.6 Å². The quantitative estimate of drug-likeness (QED) is 0.325. The minimum atomic E-state index is -1.32. The lowest BCUT2D eigenvalue weighted by molar-refractivity contribution is -0.152. The molecule has 1 rings (SSSR count). The Morgan fingerprint density at radius 2 is 1.81 bits per heavy atom. The smallest absolute Gasteiger partial charge is 0.347 e. The van der Waals surface area contributed by atoms with Crippen molar-refractivity contribution in [2.24, 2.45) is 0 Å². The number of rotatable bonds is 7. The van der Waals surface area contributed by atoms with E-state index in [1.165, 1.54) is 28.1 Å². The molecule has 0 N–H and O–H groups in total. The van der Waals surface area contributed by atoms with E-state index < -0.39 is 41.6 Å². The number of carbonyl (C=O) groups is 4. The summed E-state index contributed by atoms with van der Waals surface area (Å²) in [5, 5.41) is -0.361. The van der Waals surface area contributed by atoms with Crippen LogP contribution in [0.2, 0.25) is 5.02 Å². The fraction of sp³-hybridized carbons (Fsp3) is 0.389. The molecule has 0 saturated heterocycles. The Bertz CT molecular complexity index is 886. The summed E-state index contributed by atoms with van der Waals surface area (Å²) in [4.78, 5) is 51.8. The molecule has 0 fully saturated rings. The molecule has 0 radical (unpaired) electrons. The van der Waals surface area contributed by atoms with Crippen LogP contribution in [0.15, 0.2) is 12.1 Å². The summed E-state index contributed by atoms with van der Waals surface area (Å²) in [6, 6.07) is -0.280. The highest BCUT2D eigenvalue weighted by molar-refractivity contribution is 7.78. The Morgan fingerprint density at radius 1 is 1.19 bits per heavy atom. The number of alkyl halides is 1. The third-order valence-corrected chi connectivity index (χ3v) is 4.44. The van der Waals surface area contributed by atoms with Gasteiger partial charge in [-0.3, -0.25) is 4.90 Å². The topological polar surface area (TPSA) is 96.5 Å². The Hall–Kier alpha value is -2.50. The zero-order valence-corrected chi connectivity index (χ0v) is 19.4. The molecule has 0 heterocycles. The van der Waals surface area contributed by atoms with Crippen molar-refractivity contribution < 1.29 is 33.0 Å². The molecule has 9 nitrogen and oxygen atoms in total. The maximum Gasteiger partial charge on any atom is 0.347 e. The monoisotopic (exact) mass is 495 g/mol. The Kier molecular flexibility index (Phi) is 10.1. The Labute approximate surface area is 193 Å². The molecule has 0 spiro atoms. The van der Waals surface area contributed by atoms with E-state index in [-0.39, 0.29) is 23.1 Å². The molecule has 0 aliphatic rings. The lowest BCUT2D eigenvalue weighted by atomic mass is 10.1. The first-order chi connectivity index (χ1) is 14.5. The number of halogens is 3. The molecule has 1 unspecified atom stereocenters. The summed E-state index contributed by atoms with van der Waals surface area (Å²) in [5.74, 6) is -2.96. The number of ether oxygens (including phenoxy) is 2. The summed E-state index contributed by atoms with van der Waals surface area (Å²) in [7, 11) is 3.96. The second-order valence-electron chi connectivity index (χ2n) is 6.20. The molecule has 0 saturated carbocycles. The van der Waals surface area contributed by atoms with Crippen LogP contribution in [-0.4, -0.2) is 79.0 Å². The number of thiocarbonyl (C=S) groups is 1. The molecule has 0 aliphatic heterocycles. The number of benzene rings is 1. The zero-order chi connectivity index (χ0) is 23.9. The van der Waals surface area contributed by atoms with Gasteiger partial charge in [0.25, 0.3) is 0 Å². The summed E-state index contributed by atoms with van der Waals surface area (Å²) in [5.41, 5.74) is 0.000575. The maximum absolute atomic E-state index is 14.7. The van der Waals surface area contributed by atoms with Crippen molar-refractivity contribution >= 4 is 70.6 Å². The van der Waals surface area contributed by atoms with Crippen LogP contribution in [0, 0.1) is 5.82 Å². The van der Waals surface area contributed by atoms with Gasteiger partial charge in [0.05, 0.1) is 27.6 Å². The largest absolute Gasteiger partial charge is 0.462 e. The molecule has 0 aromatic heterocycles. The number of carbonyl (C=O) groups excluding carboxylic acids is 4. The van der Waals surface area contributed by atoms with Gasteiger partial charge >= 0.3 is 24.0 Å². The number of imide groups is 1. The van der Waals surface area contributed by atoms with Crippen molar-refractivity contribution in [1.82, 2.24) is 9.80 Å². The van der Waals surface area contributed by atoms with Crippen LogP contribution in [0.4, 0.5) is 19.7 Å². The zero-order valence-electron chi connectivity index (χ0n) is 17.1. The molecule has 1 aromatic carbocycles. The van der Waals surface area contributed by atoms with Crippen molar-refractivity contribution in [2.45, 2.75) is 13.0 Å². The van der Waals surface area contributed by atoms with Gasteiger partial charge in [0.1, 0.15) is 12.4 Å². The number of urea groups is 2. The normalized spacial score (nSPS) is 11.2. The summed E-state index contributed by atoms with van der Waals surface area (Å²) in [6.07, 6.45) is -1.32. The van der Waals surface area contributed by atoms with Crippen LogP contribution in [0.25, 0.3) is 0 Å². The first-order valence-corrected chi connectivity index (χ1v) is 10.0. The van der Waals surface area contributed by atoms with Crippen molar-refractivity contribution in [3.05, 3.63) is 28.5 Å². The maximum atomic E-state index is 14.7. The van der Waals surface area contributed by atoms with Crippen LogP contribution in [0.3, 0.4) is 0 Å². The molecule has 1 atom stereocenters. The Balaban J connectivity index is 3.37. The SMILES string of the molecule is CC(OC(=O)c1cc(N(C(=O)N(C)C)C(=O)N(C)C=S)c(F)cc1Cl)C(=O)OCCCl. The fourth-order valence-electron chi connectivity index (χ4n) is 2.08. The van der Waals surface area contributed by atoms with Crippen molar-refractivity contribution in [3.8, 4) is 0 Å². The minimum Gasteiger partial charge on any atom is -0.462 e. The predicted molar refractivity (Wildman–Crippen MR) is 116 cm³/mol. The summed E-state index contributed by atoms with van der Waals surface area (Å²) in [6.45, 7) is 1.17. The van der Waals surface area contributed by atoms with Crippen molar-refractivity contribution in [3.63, 3.8) is 0 Å². The number of esters is 2. The van der Waals surface area contributed by atoms with Gasteiger partial charge in [-0.1, -0.05) is 23.8 Å². The molecule has 4 amide bonds. The second kappa shape index (κ2) is 11.8. The van der Waals surface area contributed by atoms with E-state index >= 15 is 0 Å². The molecule has 1 aromatic rings. The third-order valence-electron chi connectivity index (χ3n) is 3.66. The molecular weight excluding hydrogens is 476 g/mol. The van der Waals surface area contributed by atoms with Gasteiger partial charge in [-0.2, -0.15) is 0 Å². The van der Waals surface area contributed by atoms with E-state index in [0.29, 0.717) is 4.90 Å².